The van der Waals surface area contributed by atoms with E-state index in [4.69, 9.17) is 4.74 Å². The van der Waals surface area contributed by atoms with Gasteiger partial charge in [-0.25, -0.2) is 0 Å². The summed E-state index contributed by atoms with van der Waals surface area (Å²) in [4.78, 5) is 11.8. The lowest BCUT2D eigenvalue weighted by atomic mass is 10.2. The molecule has 0 bridgehead atoms. The molecule has 1 aromatic carbocycles. The third kappa shape index (κ3) is 3.85. The summed E-state index contributed by atoms with van der Waals surface area (Å²) >= 11 is 0. The van der Waals surface area contributed by atoms with Crippen LogP contribution in [0.4, 0.5) is 5.82 Å². The number of H-pyrrole nitrogens is 1. The molecule has 0 radical (unpaired) electrons. The van der Waals surface area contributed by atoms with E-state index in [1.54, 1.807) is 6.20 Å². The molecule has 0 spiro atoms. The zero-order chi connectivity index (χ0) is 14.4. The number of hydrogen-bond donors (Lipinski definition) is 2. The molecule has 2 N–H and O–H groups in total. The molecule has 5 nitrogen and oxygen atoms in total. The van der Waals surface area contributed by atoms with Crippen molar-refractivity contribution < 1.29 is 9.53 Å². The summed E-state index contributed by atoms with van der Waals surface area (Å²) in [6, 6.07) is 7.77. The largest absolute Gasteiger partial charge is 0.493 e. The fraction of sp³-hybridized carbons (Fsp3) is 0.333. The molecule has 5 heteroatoms. The molecule has 0 unspecified atom stereocenters. The van der Waals surface area contributed by atoms with Gasteiger partial charge in [0.25, 0.3) is 0 Å². The highest BCUT2D eigenvalue weighted by atomic mass is 16.5. The molecule has 0 saturated heterocycles. The average molecular weight is 273 g/mol. The van der Waals surface area contributed by atoms with E-state index in [0.29, 0.717) is 18.8 Å². The van der Waals surface area contributed by atoms with Gasteiger partial charge in [0.15, 0.2) is 0 Å². The van der Waals surface area contributed by atoms with E-state index in [0.717, 1.165) is 23.3 Å². The van der Waals surface area contributed by atoms with Crippen LogP contribution < -0.4 is 10.1 Å². The summed E-state index contributed by atoms with van der Waals surface area (Å²) < 4.78 is 5.55. The topological polar surface area (TPSA) is 67.0 Å². The Morgan fingerprint density at radius 2 is 2.30 bits per heavy atom. The lowest BCUT2D eigenvalue weighted by Gasteiger charge is -2.07. The van der Waals surface area contributed by atoms with E-state index in [-0.39, 0.29) is 5.91 Å². The Hall–Kier alpha value is -2.30. The number of anilines is 1. The molecule has 2 rings (SSSR count). The number of aromatic amines is 1. The molecule has 0 fully saturated rings. The van der Waals surface area contributed by atoms with E-state index in [1.807, 2.05) is 38.1 Å². The first-order valence-electron chi connectivity index (χ1n) is 6.70. The van der Waals surface area contributed by atoms with Gasteiger partial charge in [0, 0.05) is 5.56 Å². The number of ether oxygens (including phenoxy) is 1. The van der Waals surface area contributed by atoms with Gasteiger partial charge in [0.1, 0.15) is 11.6 Å². The number of aryl methyl sites for hydroxylation is 2. The Morgan fingerprint density at radius 1 is 1.45 bits per heavy atom. The average Bonchev–Trinajstić information content (AvgIpc) is 2.86. The summed E-state index contributed by atoms with van der Waals surface area (Å²) in [5.41, 5.74) is 2.13. The highest BCUT2D eigenvalue weighted by molar-refractivity contribution is 5.90. The van der Waals surface area contributed by atoms with E-state index >= 15 is 0 Å². The van der Waals surface area contributed by atoms with Gasteiger partial charge < -0.3 is 10.1 Å². The maximum absolute atomic E-state index is 11.8. The number of carbonyl (C=O) groups is 1. The first kappa shape index (κ1) is 14.1. The van der Waals surface area contributed by atoms with Crippen molar-refractivity contribution in [2.45, 2.75) is 26.7 Å². The molecule has 0 aliphatic rings. The monoisotopic (exact) mass is 273 g/mol. The molecule has 1 heterocycles. The van der Waals surface area contributed by atoms with E-state index in [9.17, 15) is 4.79 Å². The highest BCUT2D eigenvalue weighted by Gasteiger charge is 2.07. The van der Waals surface area contributed by atoms with Crippen molar-refractivity contribution in [1.29, 1.82) is 0 Å². The van der Waals surface area contributed by atoms with Gasteiger partial charge in [-0.2, -0.15) is 5.10 Å². The summed E-state index contributed by atoms with van der Waals surface area (Å²) in [6.07, 6.45) is 2.85. The van der Waals surface area contributed by atoms with Gasteiger partial charge in [-0.15, -0.1) is 0 Å². The van der Waals surface area contributed by atoms with Crippen molar-refractivity contribution >= 4 is 11.7 Å². The number of benzene rings is 1. The summed E-state index contributed by atoms with van der Waals surface area (Å²) in [5.74, 6) is 1.37. The first-order chi connectivity index (χ1) is 9.69. The quantitative estimate of drug-likeness (QED) is 0.850. The van der Waals surface area contributed by atoms with Crippen LogP contribution in [0.1, 0.15) is 24.5 Å². The fourth-order valence-electron chi connectivity index (χ4n) is 1.86. The molecule has 1 aromatic heterocycles. The summed E-state index contributed by atoms with van der Waals surface area (Å²) in [7, 11) is 0. The molecule has 0 saturated carbocycles. The van der Waals surface area contributed by atoms with Crippen molar-refractivity contribution in [3.05, 3.63) is 41.6 Å². The maximum atomic E-state index is 11.8. The molecular formula is C15H19N3O2. The fourth-order valence-corrected chi connectivity index (χ4v) is 1.86. The Bertz CT molecular complexity index is 578. The third-order valence-corrected chi connectivity index (χ3v) is 2.95. The zero-order valence-corrected chi connectivity index (χ0v) is 11.8. The lowest BCUT2D eigenvalue weighted by Crippen LogP contribution is -2.16. The SMILES string of the molecule is CCc1cn[nH]c1NC(=O)CCOc1cccc(C)c1. The van der Waals surface area contributed by atoms with Crippen molar-refractivity contribution in [3.8, 4) is 5.75 Å². The van der Waals surface area contributed by atoms with Crippen LogP contribution in [0, 0.1) is 6.92 Å². The predicted molar refractivity (Wildman–Crippen MR) is 77.9 cm³/mol. The summed E-state index contributed by atoms with van der Waals surface area (Å²) in [6.45, 7) is 4.37. The standard InChI is InChI=1S/C15H19N3O2/c1-3-12-10-16-18-15(12)17-14(19)7-8-20-13-6-4-5-11(2)9-13/h4-6,9-10H,3,7-8H2,1-2H3,(H2,16,17,18,19). The van der Waals surface area contributed by atoms with Crippen LogP contribution in [0.25, 0.3) is 0 Å². The second-order valence-electron chi connectivity index (χ2n) is 4.59. The van der Waals surface area contributed by atoms with Crippen LogP contribution in [0.2, 0.25) is 0 Å². The molecule has 0 aliphatic carbocycles. The minimum Gasteiger partial charge on any atom is -0.493 e. The minimum absolute atomic E-state index is 0.0865. The smallest absolute Gasteiger partial charge is 0.228 e. The van der Waals surface area contributed by atoms with Gasteiger partial charge in [-0.1, -0.05) is 19.1 Å². The highest BCUT2D eigenvalue weighted by Crippen LogP contribution is 2.13. The normalized spacial score (nSPS) is 10.3. The van der Waals surface area contributed by atoms with Gasteiger partial charge in [0.2, 0.25) is 5.91 Å². The maximum Gasteiger partial charge on any atom is 0.228 e. The second kappa shape index (κ2) is 6.75. The van der Waals surface area contributed by atoms with Crippen LogP contribution >= 0.6 is 0 Å². The Kier molecular flexibility index (Phi) is 4.76. The third-order valence-electron chi connectivity index (χ3n) is 2.95. The van der Waals surface area contributed by atoms with Crippen LogP contribution in [-0.4, -0.2) is 22.7 Å². The Balaban J connectivity index is 1.78. The molecule has 2 aromatic rings. The van der Waals surface area contributed by atoms with Crippen molar-refractivity contribution in [3.63, 3.8) is 0 Å². The van der Waals surface area contributed by atoms with Crippen LogP contribution in [-0.2, 0) is 11.2 Å². The Labute approximate surface area is 118 Å². The molecule has 0 aliphatic heterocycles. The van der Waals surface area contributed by atoms with Crippen LogP contribution in [0.15, 0.2) is 30.5 Å². The number of carbonyl (C=O) groups excluding carboxylic acids is 1. The van der Waals surface area contributed by atoms with E-state index < -0.39 is 0 Å². The second-order valence-corrected chi connectivity index (χ2v) is 4.59. The van der Waals surface area contributed by atoms with E-state index in [2.05, 4.69) is 15.5 Å². The first-order valence-corrected chi connectivity index (χ1v) is 6.70. The number of rotatable bonds is 6. The molecule has 1 amide bonds. The molecule has 0 atom stereocenters. The molecule has 20 heavy (non-hydrogen) atoms. The molecular weight excluding hydrogens is 254 g/mol. The number of aromatic nitrogens is 2. The van der Waals surface area contributed by atoms with Crippen LogP contribution in [0.3, 0.4) is 0 Å². The lowest BCUT2D eigenvalue weighted by molar-refractivity contribution is -0.116. The van der Waals surface area contributed by atoms with Gasteiger partial charge >= 0.3 is 0 Å². The van der Waals surface area contributed by atoms with Gasteiger partial charge in [-0.05, 0) is 31.0 Å². The predicted octanol–water partition coefficient (Wildman–Crippen LogP) is 2.69. The molecule has 106 valence electrons. The number of nitrogens with zero attached hydrogens (tertiary/aromatic N) is 1. The minimum atomic E-state index is -0.0865. The number of nitrogens with one attached hydrogen (secondary N) is 2. The van der Waals surface area contributed by atoms with Crippen LogP contribution in [0.5, 0.6) is 5.75 Å². The Morgan fingerprint density at radius 3 is 3.05 bits per heavy atom. The summed E-state index contributed by atoms with van der Waals surface area (Å²) in [5, 5.41) is 9.50. The van der Waals surface area contributed by atoms with Gasteiger partial charge in [-0.3, -0.25) is 9.89 Å². The van der Waals surface area contributed by atoms with E-state index in [1.165, 1.54) is 0 Å². The van der Waals surface area contributed by atoms with Gasteiger partial charge in [0.05, 0.1) is 19.2 Å². The van der Waals surface area contributed by atoms with Crippen molar-refractivity contribution in [2.75, 3.05) is 11.9 Å². The zero-order valence-electron chi connectivity index (χ0n) is 11.8. The van der Waals surface area contributed by atoms with Crippen molar-refractivity contribution in [2.24, 2.45) is 0 Å². The number of hydrogen-bond acceptors (Lipinski definition) is 3. The van der Waals surface area contributed by atoms with Crippen molar-refractivity contribution in [1.82, 2.24) is 10.2 Å². The number of amides is 1.